The number of fused-ring (bicyclic) bond motifs is 1. The highest BCUT2D eigenvalue weighted by molar-refractivity contribution is 5.95. The summed E-state index contributed by atoms with van der Waals surface area (Å²) in [7, 11) is 0. The molecule has 2 aliphatic rings. The Morgan fingerprint density at radius 1 is 1.17 bits per heavy atom. The monoisotopic (exact) mass is 330 g/mol. The molecule has 5 nitrogen and oxygen atoms in total. The molecular weight excluding hydrogens is 304 g/mol. The lowest BCUT2D eigenvalue weighted by Crippen LogP contribution is -2.50. The van der Waals surface area contributed by atoms with Crippen molar-refractivity contribution in [2.45, 2.75) is 27.2 Å². The van der Waals surface area contributed by atoms with Crippen LogP contribution in [0.4, 0.5) is 0 Å². The highest BCUT2D eigenvalue weighted by atomic mass is 16.3. The van der Waals surface area contributed by atoms with E-state index in [0.717, 1.165) is 17.5 Å². The molecule has 2 saturated heterocycles. The van der Waals surface area contributed by atoms with Crippen molar-refractivity contribution < 1.29 is 14.7 Å². The van der Waals surface area contributed by atoms with Gasteiger partial charge < -0.3 is 14.9 Å². The lowest BCUT2D eigenvalue weighted by Gasteiger charge is -2.41. The van der Waals surface area contributed by atoms with Gasteiger partial charge in [0.2, 0.25) is 5.91 Å². The summed E-state index contributed by atoms with van der Waals surface area (Å²) in [5, 5.41) is 9.99. The Labute approximate surface area is 143 Å². The van der Waals surface area contributed by atoms with Gasteiger partial charge in [-0.3, -0.25) is 9.59 Å². The molecule has 2 heterocycles. The van der Waals surface area contributed by atoms with Crippen LogP contribution < -0.4 is 0 Å². The molecule has 24 heavy (non-hydrogen) atoms. The fourth-order valence-corrected chi connectivity index (χ4v) is 4.26. The Kier molecular flexibility index (Phi) is 4.38. The van der Waals surface area contributed by atoms with Gasteiger partial charge in [0.25, 0.3) is 5.91 Å². The number of carbonyl (C=O) groups is 2. The highest BCUT2D eigenvalue weighted by Crippen LogP contribution is 2.43. The number of hydrogen-bond acceptors (Lipinski definition) is 3. The lowest BCUT2D eigenvalue weighted by molar-refractivity contribution is -0.133. The van der Waals surface area contributed by atoms with Gasteiger partial charge in [-0.1, -0.05) is 17.2 Å². The van der Waals surface area contributed by atoms with Crippen molar-refractivity contribution in [3.8, 4) is 0 Å². The van der Waals surface area contributed by atoms with E-state index in [4.69, 9.17) is 0 Å². The van der Waals surface area contributed by atoms with Crippen LogP contribution in [0.25, 0.3) is 0 Å². The van der Waals surface area contributed by atoms with Crippen LogP contribution in [0.2, 0.25) is 0 Å². The van der Waals surface area contributed by atoms with E-state index in [1.54, 1.807) is 6.92 Å². The SMILES string of the molecule is CC(=O)N1CCC2(CO)CN(C(=O)c3cc(C)cc(C)c3)CC2C1. The molecule has 2 amide bonds. The van der Waals surface area contributed by atoms with Crippen LogP contribution in [-0.4, -0.2) is 59.5 Å². The Balaban J connectivity index is 1.81. The molecule has 2 atom stereocenters. The molecule has 0 aromatic heterocycles. The largest absolute Gasteiger partial charge is 0.396 e. The summed E-state index contributed by atoms with van der Waals surface area (Å²) in [6.07, 6.45) is 0.754. The third kappa shape index (κ3) is 2.93. The summed E-state index contributed by atoms with van der Waals surface area (Å²) >= 11 is 0. The number of piperidine rings is 1. The van der Waals surface area contributed by atoms with Crippen LogP contribution >= 0.6 is 0 Å². The molecule has 0 radical (unpaired) electrons. The maximum absolute atomic E-state index is 12.9. The number of aliphatic hydroxyl groups is 1. The molecular formula is C19H26N2O3. The standard InChI is InChI=1S/C19H26N2O3/c1-13-6-14(2)8-16(7-13)18(24)21-10-17-9-20(15(3)23)5-4-19(17,11-21)12-22/h6-8,17,22H,4-5,9-12H2,1-3H3. The van der Waals surface area contributed by atoms with Crippen LogP contribution in [0.3, 0.4) is 0 Å². The minimum absolute atomic E-state index is 0.0263. The molecule has 2 unspecified atom stereocenters. The van der Waals surface area contributed by atoms with Crippen molar-refractivity contribution in [2.75, 3.05) is 32.8 Å². The number of nitrogens with zero attached hydrogens (tertiary/aromatic N) is 2. The molecule has 0 saturated carbocycles. The van der Waals surface area contributed by atoms with Crippen molar-refractivity contribution in [3.05, 3.63) is 34.9 Å². The van der Waals surface area contributed by atoms with Gasteiger partial charge in [-0.25, -0.2) is 0 Å². The fraction of sp³-hybridized carbons (Fsp3) is 0.579. The van der Waals surface area contributed by atoms with Gasteiger partial charge in [-0.15, -0.1) is 0 Å². The molecule has 0 bridgehead atoms. The number of carbonyl (C=O) groups excluding carboxylic acids is 2. The van der Waals surface area contributed by atoms with Crippen molar-refractivity contribution in [3.63, 3.8) is 0 Å². The first kappa shape index (κ1) is 17.0. The number of hydrogen-bond donors (Lipinski definition) is 1. The van der Waals surface area contributed by atoms with Crippen molar-refractivity contribution in [2.24, 2.45) is 11.3 Å². The minimum atomic E-state index is -0.263. The predicted octanol–water partition coefficient (Wildman–Crippen LogP) is 1.61. The van der Waals surface area contributed by atoms with Crippen LogP contribution in [0.15, 0.2) is 18.2 Å². The zero-order valence-corrected chi connectivity index (χ0v) is 14.7. The van der Waals surface area contributed by atoms with Gasteiger partial charge in [0, 0.05) is 50.0 Å². The highest BCUT2D eigenvalue weighted by Gasteiger charge is 2.50. The fourth-order valence-electron chi connectivity index (χ4n) is 4.26. The molecule has 130 valence electrons. The number of aliphatic hydroxyl groups excluding tert-OH is 1. The van der Waals surface area contributed by atoms with Gasteiger partial charge in [0.15, 0.2) is 0 Å². The predicted molar refractivity (Wildman–Crippen MR) is 91.7 cm³/mol. The van der Waals surface area contributed by atoms with E-state index < -0.39 is 0 Å². The van der Waals surface area contributed by atoms with Gasteiger partial charge in [0.05, 0.1) is 6.61 Å². The van der Waals surface area contributed by atoms with Crippen molar-refractivity contribution in [1.82, 2.24) is 9.80 Å². The summed E-state index contributed by atoms with van der Waals surface area (Å²) in [5.74, 6) is 0.244. The number of benzene rings is 1. The van der Waals surface area contributed by atoms with E-state index in [1.165, 1.54) is 0 Å². The Morgan fingerprint density at radius 2 is 1.79 bits per heavy atom. The topological polar surface area (TPSA) is 60.9 Å². The first-order valence-corrected chi connectivity index (χ1v) is 8.58. The molecule has 3 rings (SSSR count). The third-order valence-electron chi connectivity index (χ3n) is 5.65. The van der Waals surface area contributed by atoms with Crippen LogP contribution in [-0.2, 0) is 4.79 Å². The first-order valence-electron chi connectivity index (χ1n) is 8.58. The van der Waals surface area contributed by atoms with Gasteiger partial charge in [-0.05, 0) is 32.4 Å². The van der Waals surface area contributed by atoms with E-state index in [2.05, 4.69) is 6.07 Å². The molecule has 5 heteroatoms. The Hall–Kier alpha value is -1.88. The summed E-state index contributed by atoms with van der Waals surface area (Å²) in [5.41, 5.74) is 2.60. The van der Waals surface area contributed by atoms with Gasteiger partial charge in [-0.2, -0.15) is 0 Å². The molecule has 2 aliphatic heterocycles. The zero-order valence-electron chi connectivity index (χ0n) is 14.7. The van der Waals surface area contributed by atoms with E-state index in [-0.39, 0.29) is 29.8 Å². The molecule has 1 aromatic rings. The quantitative estimate of drug-likeness (QED) is 0.896. The summed E-state index contributed by atoms with van der Waals surface area (Å²) in [4.78, 5) is 28.3. The Bertz CT molecular complexity index is 652. The second-order valence-corrected chi connectivity index (χ2v) is 7.49. The average molecular weight is 330 g/mol. The summed E-state index contributed by atoms with van der Waals surface area (Å²) in [6.45, 7) is 8.12. The average Bonchev–Trinajstić information content (AvgIpc) is 2.92. The number of rotatable bonds is 2. The third-order valence-corrected chi connectivity index (χ3v) is 5.65. The van der Waals surface area contributed by atoms with E-state index in [9.17, 15) is 14.7 Å². The maximum Gasteiger partial charge on any atom is 0.253 e. The summed E-state index contributed by atoms with van der Waals surface area (Å²) in [6, 6.07) is 5.90. The number of aryl methyl sites for hydroxylation is 2. The molecule has 1 N–H and O–H groups in total. The zero-order chi connectivity index (χ0) is 17.5. The van der Waals surface area contributed by atoms with E-state index >= 15 is 0 Å². The smallest absolute Gasteiger partial charge is 0.253 e. The van der Waals surface area contributed by atoms with Crippen molar-refractivity contribution >= 4 is 11.8 Å². The van der Waals surface area contributed by atoms with Crippen LogP contribution in [0, 0.1) is 25.2 Å². The first-order chi connectivity index (χ1) is 11.3. The second kappa shape index (κ2) is 6.20. The van der Waals surface area contributed by atoms with Crippen LogP contribution in [0.5, 0.6) is 0 Å². The number of amides is 2. The molecule has 2 fully saturated rings. The molecule has 1 aromatic carbocycles. The van der Waals surface area contributed by atoms with Gasteiger partial charge in [0.1, 0.15) is 0 Å². The normalized spacial score (nSPS) is 26.4. The number of likely N-dealkylation sites (tertiary alicyclic amines) is 2. The molecule has 0 aliphatic carbocycles. The van der Waals surface area contributed by atoms with E-state index in [0.29, 0.717) is 31.7 Å². The Morgan fingerprint density at radius 3 is 2.38 bits per heavy atom. The van der Waals surface area contributed by atoms with Crippen molar-refractivity contribution in [1.29, 1.82) is 0 Å². The molecule has 0 spiro atoms. The minimum Gasteiger partial charge on any atom is -0.396 e. The second-order valence-electron chi connectivity index (χ2n) is 7.49. The maximum atomic E-state index is 12.9. The van der Waals surface area contributed by atoms with Crippen LogP contribution in [0.1, 0.15) is 34.8 Å². The lowest BCUT2D eigenvalue weighted by atomic mass is 9.73. The summed E-state index contributed by atoms with van der Waals surface area (Å²) < 4.78 is 0. The van der Waals surface area contributed by atoms with E-state index in [1.807, 2.05) is 35.8 Å². The van der Waals surface area contributed by atoms with Gasteiger partial charge >= 0.3 is 0 Å².